The second-order valence-corrected chi connectivity index (χ2v) is 18.1. The Kier molecular flexibility index (Phi) is 15.8. The zero-order valence-electron chi connectivity index (χ0n) is 38.5. The maximum absolute atomic E-state index is 14.9. The normalized spacial score (nSPS) is 25.7. The second-order valence-electron chi connectivity index (χ2n) is 18.1. The van der Waals surface area contributed by atoms with Crippen LogP contribution < -0.4 is 24.3 Å². The molecule has 3 aromatic rings. The highest BCUT2D eigenvalue weighted by atomic mass is 19.1. The number of fused-ring (bicyclic) bond motifs is 2. The smallest absolute Gasteiger partial charge is 0.417 e. The van der Waals surface area contributed by atoms with Crippen molar-refractivity contribution in [3.63, 3.8) is 0 Å². The van der Waals surface area contributed by atoms with Crippen molar-refractivity contribution in [1.29, 1.82) is 0 Å². The summed E-state index contributed by atoms with van der Waals surface area (Å²) in [5, 5.41) is 27.7. The number of oxime groups is 1. The molecule has 3 aromatic carbocycles. The Hall–Kier alpha value is -5.48. The molecule has 0 bridgehead atoms. The molecule has 1 unspecified atom stereocenters. The number of carbonyl (C=O) groups is 2. The van der Waals surface area contributed by atoms with Gasteiger partial charge < -0.3 is 48.4 Å². The predicted octanol–water partition coefficient (Wildman–Crippen LogP) is 9.05. The number of methoxy groups -OCH3 is 2. The Labute approximate surface area is 392 Å². The summed E-state index contributed by atoms with van der Waals surface area (Å²) in [4.78, 5) is 36.6. The van der Waals surface area contributed by atoms with E-state index in [9.17, 15) is 24.2 Å². The largest absolute Gasteiger partial charge is 0.497 e. The minimum atomic E-state index is -1.50. The van der Waals surface area contributed by atoms with Crippen molar-refractivity contribution >= 4 is 23.4 Å². The number of ether oxygens (including phenoxy) is 6. The number of halogens is 1. The van der Waals surface area contributed by atoms with E-state index in [2.05, 4.69) is 18.0 Å². The lowest BCUT2D eigenvalue weighted by molar-refractivity contribution is -0.258. The molecule has 67 heavy (non-hydrogen) atoms. The van der Waals surface area contributed by atoms with Gasteiger partial charge in [-0.25, -0.2) is 9.18 Å². The van der Waals surface area contributed by atoms with E-state index in [4.69, 9.17) is 38.4 Å². The van der Waals surface area contributed by atoms with Crippen LogP contribution in [0.4, 0.5) is 14.9 Å². The fourth-order valence-corrected chi connectivity index (χ4v) is 10.5. The molecule has 2 heterocycles. The molecule has 15 heteroatoms. The summed E-state index contributed by atoms with van der Waals surface area (Å²) in [6.45, 7) is 4.96. The zero-order chi connectivity index (χ0) is 46.9. The number of anilines is 1. The van der Waals surface area contributed by atoms with Gasteiger partial charge in [0.25, 0.3) is 0 Å². The molecule has 0 aromatic heterocycles. The molecular weight excluding hydrogens is 862 g/mol. The number of rotatable bonds is 21. The fraction of sp³-hybridized carbons (Fsp3) is 0.519. The number of benzene rings is 3. The van der Waals surface area contributed by atoms with Crippen molar-refractivity contribution in [1.82, 2.24) is 4.90 Å². The molecule has 0 radical (unpaired) electrons. The maximum atomic E-state index is 14.9. The number of unbranched alkanes of at least 4 members (excludes halogenated alkanes) is 2. The minimum absolute atomic E-state index is 0.0175. The number of amides is 2. The standard InChI is InChI=1S/C52H64FN3O11/c1-4-26-64-52-46(56(50(59)34-16-17-34)32-33-14-18-36(53)19-15-33)31-43(55-67-47-13-7-10-27-63-47)40-28-35(11-5-8-24-57)39(12-6-9-25-58)48(49(40)52)41-29-38(21-23-44(41)66-52)65-51(60)54-42-22-20-37(61-2)30-45(42)62-3/h4,14-15,18-23,28-30,34-35,39,46-49,57-58H,1,5-13,16-17,24-27,31-32H2,2-3H3,(H,54,60)/t35-,39+,46-,47?,48+,49+,52+/m0/s1. The molecule has 2 aliphatic heterocycles. The summed E-state index contributed by atoms with van der Waals surface area (Å²) in [5.74, 6) is -1.41. The number of aliphatic hydroxyl groups excluding tert-OH is 2. The number of hydrogen-bond acceptors (Lipinski definition) is 12. The van der Waals surface area contributed by atoms with Gasteiger partial charge in [-0.3, -0.25) is 10.1 Å². The molecule has 0 spiro atoms. The lowest BCUT2D eigenvalue weighted by Gasteiger charge is -2.60. The highest BCUT2D eigenvalue weighted by Gasteiger charge is 2.66. The van der Waals surface area contributed by atoms with E-state index in [1.807, 2.05) is 11.0 Å². The van der Waals surface area contributed by atoms with Crippen molar-refractivity contribution < 1.29 is 57.5 Å². The van der Waals surface area contributed by atoms with Gasteiger partial charge in [0.1, 0.15) is 34.9 Å². The van der Waals surface area contributed by atoms with Gasteiger partial charge in [0, 0.05) is 56.1 Å². The molecular formula is C52H64FN3O11. The SMILES string of the molecule is C=CCO[C@@]12Oc3ccc(OC(=O)Nc4ccc(OC)cc4OC)cc3[C@H]3[C@H](CCCCO)[C@@H](CCCCO)C=C(C(=NOC4CCCCO4)C[C@@H]1N(Cc1ccc(F)cc1)C(=O)C1CC1)[C@H]32. The van der Waals surface area contributed by atoms with Crippen LogP contribution in [-0.4, -0.2) is 91.6 Å². The molecule has 5 aliphatic rings. The number of aliphatic hydroxyl groups is 2. The molecule has 2 saturated carbocycles. The molecule has 1 saturated heterocycles. The third-order valence-corrected chi connectivity index (χ3v) is 13.8. The number of nitrogens with one attached hydrogen (secondary N) is 1. The molecule has 8 rings (SSSR count). The monoisotopic (exact) mass is 925 g/mol. The topological polar surface area (TPSA) is 167 Å². The molecule has 3 N–H and O–H groups in total. The Balaban J connectivity index is 1.29. The van der Waals surface area contributed by atoms with Crippen LogP contribution in [0, 0.1) is 29.5 Å². The third-order valence-electron chi connectivity index (χ3n) is 13.8. The summed E-state index contributed by atoms with van der Waals surface area (Å²) in [6, 6.07) is 15.8. The van der Waals surface area contributed by atoms with Crippen molar-refractivity contribution in [2.24, 2.45) is 28.8 Å². The fourth-order valence-electron chi connectivity index (χ4n) is 10.5. The van der Waals surface area contributed by atoms with Crippen molar-refractivity contribution in [2.75, 3.05) is 46.0 Å². The van der Waals surface area contributed by atoms with E-state index in [1.165, 1.54) is 19.2 Å². The number of nitrogens with zero attached hydrogens (tertiary/aromatic N) is 2. The Bertz CT molecular complexity index is 2260. The second kappa shape index (κ2) is 22.1. The molecule has 2 amide bonds. The first-order valence-corrected chi connectivity index (χ1v) is 23.8. The van der Waals surface area contributed by atoms with Crippen LogP contribution in [0.3, 0.4) is 0 Å². The third kappa shape index (κ3) is 10.8. The summed E-state index contributed by atoms with van der Waals surface area (Å²) in [6.07, 6.45) is 11.2. The van der Waals surface area contributed by atoms with Crippen LogP contribution in [0.1, 0.15) is 94.1 Å². The van der Waals surface area contributed by atoms with Crippen LogP contribution in [0.5, 0.6) is 23.0 Å². The first kappa shape index (κ1) is 48.0. The summed E-state index contributed by atoms with van der Waals surface area (Å²) in [7, 11) is 3.05. The van der Waals surface area contributed by atoms with Gasteiger partial charge in [-0.1, -0.05) is 42.3 Å². The summed E-state index contributed by atoms with van der Waals surface area (Å²) >= 11 is 0. The lowest BCUT2D eigenvalue weighted by Crippen LogP contribution is -2.70. The van der Waals surface area contributed by atoms with Crippen LogP contribution in [0.25, 0.3) is 0 Å². The Morgan fingerprint density at radius 2 is 1.73 bits per heavy atom. The maximum Gasteiger partial charge on any atom is 0.417 e. The Morgan fingerprint density at radius 3 is 2.43 bits per heavy atom. The number of allylic oxidation sites excluding steroid dienone is 1. The van der Waals surface area contributed by atoms with Gasteiger partial charge in [-0.15, -0.1) is 6.58 Å². The van der Waals surface area contributed by atoms with E-state index in [-0.39, 0.29) is 73.9 Å². The summed E-state index contributed by atoms with van der Waals surface area (Å²) < 4.78 is 51.7. The average molecular weight is 926 g/mol. The van der Waals surface area contributed by atoms with Crippen LogP contribution in [-0.2, 0) is 25.7 Å². The molecule has 7 atom stereocenters. The van der Waals surface area contributed by atoms with E-state index in [0.29, 0.717) is 54.5 Å². The van der Waals surface area contributed by atoms with Gasteiger partial charge in [0.05, 0.1) is 44.8 Å². The first-order valence-electron chi connectivity index (χ1n) is 23.8. The lowest BCUT2D eigenvalue weighted by atomic mass is 9.55. The summed E-state index contributed by atoms with van der Waals surface area (Å²) in [5.41, 5.74) is 3.44. The first-order chi connectivity index (χ1) is 32.7. The molecule has 3 aliphatic carbocycles. The highest BCUT2D eigenvalue weighted by molar-refractivity contribution is 6.03. The van der Waals surface area contributed by atoms with Crippen molar-refractivity contribution in [3.8, 4) is 23.0 Å². The van der Waals surface area contributed by atoms with E-state index in [0.717, 1.165) is 68.1 Å². The van der Waals surface area contributed by atoms with Gasteiger partial charge in [0.15, 0.2) is 0 Å². The molecule has 3 fully saturated rings. The van der Waals surface area contributed by atoms with E-state index in [1.54, 1.807) is 55.7 Å². The van der Waals surface area contributed by atoms with Gasteiger partial charge in [-0.05, 0) is 117 Å². The number of carbonyl (C=O) groups excluding carboxylic acids is 2. The van der Waals surface area contributed by atoms with Crippen molar-refractivity contribution in [3.05, 3.63) is 102 Å². The van der Waals surface area contributed by atoms with Gasteiger partial charge in [-0.2, -0.15) is 0 Å². The van der Waals surface area contributed by atoms with Gasteiger partial charge >= 0.3 is 6.09 Å². The van der Waals surface area contributed by atoms with Crippen molar-refractivity contribution in [2.45, 2.75) is 108 Å². The predicted molar refractivity (Wildman–Crippen MR) is 249 cm³/mol. The van der Waals surface area contributed by atoms with Crippen LogP contribution in [0.2, 0.25) is 0 Å². The zero-order valence-corrected chi connectivity index (χ0v) is 38.5. The molecule has 360 valence electrons. The Morgan fingerprint density at radius 1 is 0.955 bits per heavy atom. The van der Waals surface area contributed by atoms with E-state index < -0.39 is 30.1 Å². The van der Waals surface area contributed by atoms with Crippen LogP contribution in [0.15, 0.2) is 90.1 Å². The van der Waals surface area contributed by atoms with Gasteiger partial charge in [0.2, 0.25) is 18.0 Å². The average Bonchev–Trinajstić information content (AvgIpc) is 4.20. The van der Waals surface area contributed by atoms with E-state index >= 15 is 0 Å². The minimum Gasteiger partial charge on any atom is -0.497 e. The molecule has 14 nitrogen and oxygen atoms in total. The van der Waals surface area contributed by atoms with Crippen LogP contribution >= 0.6 is 0 Å². The highest BCUT2D eigenvalue weighted by Crippen LogP contribution is 2.62. The quantitative estimate of drug-likeness (QED) is 0.0530. The number of hydrogen-bond donors (Lipinski definition) is 3.